The fourth-order valence-corrected chi connectivity index (χ4v) is 1.08. The Balaban J connectivity index is 0.000000364. The van der Waals surface area contributed by atoms with E-state index in [1.807, 2.05) is 0 Å². The lowest BCUT2D eigenvalue weighted by Gasteiger charge is -2.02. The molecule has 0 saturated heterocycles. The monoisotopic (exact) mass is 204 g/mol. The molecule has 1 rings (SSSR count). The standard InChI is InChI=1S/C8H14O2.CH2O3/c1-6(9)10-5-7-4-8(7,2)3;2-1(3)4/h7H,4-5H2,1-3H3;(H2,2,3,4). The predicted octanol–water partition coefficient (Wildman–Crippen LogP) is 1.82. The first-order chi connectivity index (χ1) is 6.25. The summed E-state index contributed by atoms with van der Waals surface area (Å²) in [6.45, 7) is 6.46. The first-order valence-corrected chi connectivity index (χ1v) is 4.31. The molecule has 0 aromatic heterocycles. The van der Waals surface area contributed by atoms with Crippen molar-refractivity contribution < 1.29 is 24.5 Å². The lowest BCUT2D eigenvalue weighted by atomic mass is 10.1. The summed E-state index contributed by atoms with van der Waals surface area (Å²) in [6, 6.07) is 0. The van der Waals surface area contributed by atoms with E-state index >= 15 is 0 Å². The Hall–Kier alpha value is -1.26. The molecule has 0 bridgehead atoms. The van der Waals surface area contributed by atoms with Crippen molar-refractivity contribution in [3.05, 3.63) is 0 Å². The van der Waals surface area contributed by atoms with Crippen molar-refractivity contribution in [3.63, 3.8) is 0 Å². The highest BCUT2D eigenvalue weighted by Gasteiger charge is 2.45. The zero-order valence-electron chi connectivity index (χ0n) is 8.61. The van der Waals surface area contributed by atoms with Crippen LogP contribution < -0.4 is 0 Å². The summed E-state index contributed by atoms with van der Waals surface area (Å²) in [4.78, 5) is 18.9. The molecule has 2 N–H and O–H groups in total. The van der Waals surface area contributed by atoms with Gasteiger partial charge in [-0.1, -0.05) is 13.8 Å². The summed E-state index contributed by atoms with van der Waals surface area (Å²) < 4.78 is 4.86. The summed E-state index contributed by atoms with van der Waals surface area (Å²) in [7, 11) is 0. The zero-order valence-corrected chi connectivity index (χ0v) is 8.61. The predicted molar refractivity (Wildman–Crippen MR) is 49.2 cm³/mol. The maximum atomic E-state index is 10.4. The Morgan fingerprint density at radius 2 is 1.79 bits per heavy atom. The molecule has 5 heteroatoms. The van der Waals surface area contributed by atoms with Crippen LogP contribution in [0.2, 0.25) is 0 Å². The van der Waals surface area contributed by atoms with Gasteiger partial charge in [0.1, 0.15) is 0 Å². The van der Waals surface area contributed by atoms with Crippen LogP contribution >= 0.6 is 0 Å². The van der Waals surface area contributed by atoms with E-state index in [4.69, 9.17) is 19.7 Å². The van der Waals surface area contributed by atoms with E-state index in [2.05, 4.69) is 13.8 Å². The van der Waals surface area contributed by atoms with Crippen molar-refractivity contribution in [1.29, 1.82) is 0 Å². The van der Waals surface area contributed by atoms with Crippen LogP contribution in [0.25, 0.3) is 0 Å². The molecule has 0 spiro atoms. The SMILES string of the molecule is CC(=O)OCC1CC1(C)C.O=C(O)O. The number of carbonyl (C=O) groups excluding carboxylic acids is 1. The molecule has 0 aliphatic heterocycles. The van der Waals surface area contributed by atoms with Gasteiger partial charge < -0.3 is 14.9 Å². The van der Waals surface area contributed by atoms with Gasteiger partial charge in [-0.3, -0.25) is 4.79 Å². The molecule has 1 aliphatic carbocycles. The Morgan fingerprint density at radius 3 is 2.00 bits per heavy atom. The molecule has 1 unspecified atom stereocenters. The van der Waals surface area contributed by atoms with Gasteiger partial charge in [-0.05, 0) is 17.8 Å². The first kappa shape index (κ1) is 12.7. The fourth-order valence-electron chi connectivity index (χ4n) is 1.08. The number of hydrogen-bond donors (Lipinski definition) is 2. The van der Waals surface area contributed by atoms with Crippen molar-refractivity contribution in [3.8, 4) is 0 Å². The van der Waals surface area contributed by atoms with E-state index < -0.39 is 6.16 Å². The van der Waals surface area contributed by atoms with Crippen molar-refractivity contribution in [2.45, 2.75) is 27.2 Å². The van der Waals surface area contributed by atoms with Gasteiger partial charge in [-0.2, -0.15) is 0 Å². The number of ether oxygens (including phenoxy) is 1. The molecular weight excluding hydrogens is 188 g/mol. The van der Waals surface area contributed by atoms with Gasteiger partial charge in [0, 0.05) is 6.92 Å². The molecule has 0 amide bonds. The third-order valence-corrected chi connectivity index (χ3v) is 2.21. The van der Waals surface area contributed by atoms with E-state index in [-0.39, 0.29) is 5.97 Å². The van der Waals surface area contributed by atoms with Crippen LogP contribution in [-0.2, 0) is 9.53 Å². The minimum absolute atomic E-state index is 0.164. The van der Waals surface area contributed by atoms with Crippen LogP contribution in [0.3, 0.4) is 0 Å². The number of rotatable bonds is 2. The van der Waals surface area contributed by atoms with Crippen molar-refractivity contribution in [2.75, 3.05) is 6.61 Å². The normalized spacial score (nSPS) is 21.5. The molecule has 0 radical (unpaired) electrons. The lowest BCUT2D eigenvalue weighted by molar-refractivity contribution is -0.141. The van der Waals surface area contributed by atoms with Crippen LogP contribution in [0.5, 0.6) is 0 Å². The van der Waals surface area contributed by atoms with Gasteiger partial charge in [0.15, 0.2) is 0 Å². The number of carboxylic acid groups (broad SMARTS) is 2. The highest BCUT2D eigenvalue weighted by molar-refractivity contribution is 5.65. The van der Waals surface area contributed by atoms with E-state index in [0.29, 0.717) is 17.9 Å². The molecule has 0 heterocycles. The summed E-state index contributed by atoms with van der Waals surface area (Å²) in [5.74, 6) is 0.444. The van der Waals surface area contributed by atoms with Crippen molar-refractivity contribution >= 4 is 12.1 Å². The summed E-state index contributed by atoms with van der Waals surface area (Å²) >= 11 is 0. The molecule has 1 atom stereocenters. The molecule has 1 fully saturated rings. The maximum Gasteiger partial charge on any atom is 0.503 e. The largest absolute Gasteiger partial charge is 0.503 e. The van der Waals surface area contributed by atoms with Crippen LogP contribution in [0.4, 0.5) is 4.79 Å². The topological polar surface area (TPSA) is 83.8 Å². The van der Waals surface area contributed by atoms with Crippen molar-refractivity contribution in [2.24, 2.45) is 11.3 Å². The van der Waals surface area contributed by atoms with Gasteiger partial charge in [-0.15, -0.1) is 0 Å². The molecule has 0 aromatic carbocycles. The second kappa shape index (κ2) is 4.83. The van der Waals surface area contributed by atoms with E-state index in [9.17, 15) is 4.79 Å². The molecule has 1 aliphatic rings. The average Bonchev–Trinajstić information content (AvgIpc) is 2.53. The van der Waals surface area contributed by atoms with Gasteiger partial charge >= 0.3 is 12.1 Å². The van der Waals surface area contributed by atoms with Gasteiger partial charge in [0.25, 0.3) is 0 Å². The highest BCUT2D eigenvalue weighted by atomic mass is 16.6. The number of esters is 1. The Labute approximate surface area is 82.7 Å². The Morgan fingerprint density at radius 1 is 1.43 bits per heavy atom. The molecule has 14 heavy (non-hydrogen) atoms. The smallest absolute Gasteiger partial charge is 0.466 e. The third kappa shape index (κ3) is 6.28. The van der Waals surface area contributed by atoms with Gasteiger partial charge in [0.05, 0.1) is 6.61 Å². The third-order valence-electron chi connectivity index (χ3n) is 2.21. The maximum absolute atomic E-state index is 10.4. The van der Waals surface area contributed by atoms with E-state index in [1.165, 1.54) is 13.3 Å². The van der Waals surface area contributed by atoms with E-state index in [0.717, 1.165) is 0 Å². The second-order valence-corrected chi connectivity index (χ2v) is 3.97. The van der Waals surface area contributed by atoms with Crippen molar-refractivity contribution in [1.82, 2.24) is 0 Å². The quantitative estimate of drug-likeness (QED) is 0.670. The van der Waals surface area contributed by atoms with Gasteiger partial charge in [-0.25, -0.2) is 4.79 Å². The first-order valence-electron chi connectivity index (χ1n) is 4.31. The van der Waals surface area contributed by atoms with Crippen LogP contribution in [0.15, 0.2) is 0 Å². The lowest BCUT2D eigenvalue weighted by Crippen LogP contribution is -2.05. The fraction of sp³-hybridized carbons (Fsp3) is 0.778. The molecule has 0 aromatic rings. The average molecular weight is 204 g/mol. The number of carbonyl (C=O) groups is 2. The van der Waals surface area contributed by atoms with Crippen LogP contribution in [-0.4, -0.2) is 28.9 Å². The van der Waals surface area contributed by atoms with E-state index in [1.54, 1.807) is 0 Å². The van der Waals surface area contributed by atoms with Crippen LogP contribution in [0.1, 0.15) is 27.2 Å². The number of hydrogen-bond acceptors (Lipinski definition) is 3. The molecule has 5 nitrogen and oxygen atoms in total. The summed E-state index contributed by atoms with van der Waals surface area (Å²) in [6.07, 6.45) is -0.639. The molecule has 1 saturated carbocycles. The molecule has 82 valence electrons. The Kier molecular flexibility index (Phi) is 4.40. The summed E-state index contributed by atoms with van der Waals surface area (Å²) in [5.41, 5.74) is 0.426. The molecular formula is C9H16O5. The minimum Gasteiger partial charge on any atom is -0.466 e. The van der Waals surface area contributed by atoms with Crippen LogP contribution in [0, 0.1) is 11.3 Å². The Bertz CT molecular complexity index is 217. The zero-order chi connectivity index (χ0) is 11.4. The minimum atomic E-state index is -1.83. The highest BCUT2D eigenvalue weighted by Crippen LogP contribution is 2.51. The second-order valence-electron chi connectivity index (χ2n) is 3.97. The summed E-state index contributed by atoms with van der Waals surface area (Å²) in [5, 5.41) is 13.9. The van der Waals surface area contributed by atoms with Gasteiger partial charge in [0.2, 0.25) is 0 Å².